The zero-order chi connectivity index (χ0) is 21.4. The Balaban J connectivity index is 0.00000450. The molecular weight excluding hydrogens is 508 g/mol. The molecule has 0 saturated heterocycles. The zero-order valence-corrected chi connectivity index (χ0v) is 20.0. The molecule has 0 aliphatic heterocycles. The highest BCUT2D eigenvalue weighted by atomic mass is 127. The molecule has 6 nitrogen and oxygen atoms in total. The fraction of sp³-hybridized carbons (Fsp3) is 0.500. The molecule has 1 aromatic carbocycles. The molecule has 2 rings (SSSR count). The number of aryl methyl sites for hydroxylation is 1. The summed E-state index contributed by atoms with van der Waals surface area (Å²) in [5.41, 5.74) is 0.366. The first-order valence-electron chi connectivity index (χ1n) is 9.63. The molecule has 0 amide bonds. The van der Waals surface area contributed by atoms with Gasteiger partial charge in [-0.3, -0.25) is 14.6 Å². The molecular formula is C20H30F3IN6. The third-order valence-corrected chi connectivity index (χ3v) is 4.74. The van der Waals surface area contributed by atoms with E-state index in [9.17, 15) is 13.2 Å². The van der Waals surface area contributed by atoms with Gasteiger partial charge in [-0.15, -0.1) is 24.0 Å². The first kappa shape index (κ1) is 26.2. The predicted octanol–water partition coefficient (Wildman–Crippen LogP) is 3.81. The van der Waals surface area contributed by atoms with Crippen molar-refractivity contribution in [1.82, 2.24) is 25.3 Å². The number of aliphatic imine (C=N–C) groups is 1. The maximum atomic E-state index is 13.1. The Morgan fingerprint density at radius 1 is 1.17 bits per heavy atom. The quantitative estimate of drug-likeness (QED) is 0.305. The second-order valence-electron chi connectivity index (χ2n) is 6.63. The van der Waals surface area contributed by atoms with Crippen LogP contribution in [0.3, 0.4) is 0 Å². The minimum atomic E-state index is -4.49. The van der Waals surface area contributed by atoms with Crippen LogP contribution in [0.25, 0.3) is 0 Å². The normalized spacial score (nSPS) is 13.1. The molecule has 10 heteroatoms. The van der Waals surface area contributed by atoms with E-state index in [0.29, 0.717) is 12.5 Å². The second kappa shape index (κ2) is 12.1. The fourth-order valence-electron chi connectivity index (χ4n) is 3.30. The van der Waals surface area contributed by atoms with Gasteiger partial charge in [0, 0.05) is 38.9 Å². The average molecular weight is 538 g/mol. The van der Waals surface area contributed by atoms with E-state index >= 15 is 0 Å². The van der Waals surface area contributed by atoms with Crippen LogP contribution in [0.2, 0.25) is 0 Å². The van der Waals surface area contributed by atoms with Crippen LogP contribution in [0.1, 0.15) is 36.7 Å². The van der Waals surface area contributed by atoms with Gasteiger partial charge in [0.05, 0.1) is 6.04 Å². The van der Waals surface area contributed by atoms with Crippen LogP contribution in [-0.2, 0) is 19.8 Å². The number of likely N-dealkylation sites (N-methyl/N-ethyl adjacent to an activating group) is 1. The van der Waals surface area contributed by atoms with Gasteiger partial charge in [-0.2, -0.15) is 18.3 Å². The van der Waals surface area contributed by atoms with E-state index in [4.69, 9.17) is 0 Å². The number of alkyl halides is 3. The maximum Gasteiger partial charge on any atom is 0.435 e. The minimum Gasteiger partial charge on any atom is -0.354 e. The lowest BCUT2D eigenvalue weighted by Gasteiger charge is -2.30. The first-order chi connectivity index (χ1) is 13.8. The van der Waals surface area contributed by atoms with Gasteiger partial charge in [0.2, 0.25) is 0 Å². The third-order valence-electron chi connectivity index (χ3n) is 4.74. The molecule has 168 valence electrons. The predicted molar refractivity (Wildman–Crippen MR) is 124 cm³/mol. The van der Waals surface area contributed by atoms with Crippen molar-refractivity contribution < 1.29 is 13.2 Å². The molecule has 1 heterocycles. The fourth-order valence-corrected chi connectivity index (χ4v) is 3.30. The van der Waals surface area contributed by atoms with Crippen LogP contribution in [-0.4, -0.2) is 47.3 Å². The summed E-state index contributed by atoms with van der Waals surface area (Å²) in [6, 6.07) is 10.2. The topological polar surface area (TPSA) is 57.5 Å². The van der Waals surface area contributed by atoms with Crippen molar-refractivity contribution in [2.24, 2.45) is 12.0 Å². The van der Waals surface area contributed by atoms with Crippen LogP contribution >= 0.6 is 24.0 Å². The van der Waals surface area contributed by atoms with Gasteiger partial charge in [-0.05, 0) is 18.7 Å². The molecule has 0 saturated carbocycles. The monoisotopic (exact) mass is 538 g/mol. The van der Waals surface area contributed by atoms with E-state index in [1.54, 1.807) is 7.05 Å². The first-order valence-corrected chi connectivity index (χ1v) is 9.63. The number of rotatable bonds is 8. The van der Waals surface area contributed by atoms with Gasteiger partial charge in [0.1, 0.15) is 0 Å². The van der Waals surface area contributed by atoms with E-state index in [-0.39, 0.29) is 42.1 Å². The molecule has 1 aromatic heterocycles. The number of halogens is 4. The van der Waals surface area contributed by atoms with E-state index < -0.39 is 11.9 Å². The highest BCUT2D eigenvalue weighted by Crippen LogP contribution is 2.30. The van der Waals surface area contributed by atoms with Crippen LogP contribution in [0, 0.1) is 0 Å². The van der Waals surface area contributed by atoms with Crippen LogP contribution < -0.4 is 10.6 Å². The average Bonchev–Trinajstić information content (AvgIpc) is 3.09. The number of nitrogens with one attached hydrogen (secondary N) is 2. The Kier molecular flexibility index (Phi) is 10.6. The molecule has 0 radical (unpaired) electrons. The Morgan fingerprint density at radius 2 is 1.80 bits per heavy atom. The van der Waals surface area contributed by atoms with Crippen molar-refractivity contribution in [2.45, 2.75) is 32.6 Å². The van der Waals surface area contributed by atoms with Gasteiger partial charge in [0.25, 0.3) is 0 Å². The number of guanidine groups is 1. The van der Waals surface area contributed by atoms with Gasteiger partial charge in [-0.25, -0.2) is 0 Å². The summed E-state index contributed by atoms with van der Waals surface area (Å²) in [5, 5.41) is 9.73. The number of benzene rings is 1. The van der Waals surface area contributed by atoms with E-state index in [1.165, 1.54) is 23.5 Å². The molecule has 0 aliphatic carbocycles. The van der Waals surface area contributed by atoms with Crippen molar-refractivity contribution in [3.05, 3.63) is 53.3 Å². The summed E-state index contributed by atoms with van der Waals surface area (Å²) in [6.45, 7) is 6.53. The van der Waals surface area contributed by atoms with E-state index in [2.05, 4.69) is 51.6 Å². The molecule has 0 fully saturated rings. The molecule has 1 unspecified atom stereocenters. The van der Waals surface area contributed by atoms with Gasteiger partial charge in [0.15, 0.2) is 11.7 Å². The van der Waals surface area contributed by atoms with E-state index in [0.717, 1.165) is 13.1 Å². The highest BCUT2D eigenvalue weighted by Gasteiger charge is 2.36. The van der Waals surface area contributed by atoms with Crippen LogP contribution in [0.4, 0.5) is 13.2 Å². The number of hydrogen-bond acceptors (Lipinski definition) is 3. The van der Waals surface area contributed by atoms with Crippen molar-refractivity contribution in [2.75, 3.05) is 26.7 Å². The van der Waals surface area contributed by atoms with Gasteiger partial charge >= 0.3 is 6.18 Å². The number of aromatic nitrogens is 2. The summed E-state index contributed by atoms with van der Waals surface area (Å²) in [4.78, 5) is 6.46. The van der Waals surface area contributed by atoms with Crippen molar-refractivity contribution in [3.8, 4) is 0 Å². The van der Waals surface area contributed by atoms with Gasteiger partial charge < -0.3 is 10.6 Å². The molecule has 0 spiro atoms. The summed E-state index contributed by atoms with van der Waals surface area (Å²) in [6.07, 6.45) is -3.12. The largest absolute Gasteiger partial charge is 0.435 e. The molecule has 0 aliphatic rings. The summed E-state index contributed by atoms with van der Waals surface area (Å²) >= 11 is 0. The summed E-state index contributed by atoms with van der Waals surface area (Å²) < 4.78 is 40.5. The number of hydrogen-bond donors (Lipinski definition) is 2. The summed E-state index contributed by atoms with van der Waals surface area (Å²) in [5.74, 6) is 0.440. The second-order valence-corrected chi connectivity index (χ2v) is 6.63. The Morgan fingerprint density at radius 3 is 2.33 bits per heavy atom. The SMILES string of the molecule is CCN(CC)C(CNC(=NC)NCc1cn(C)nc1C(F)(F)F)c1ccccc1.I. The zero-order valence-electron chi connectivity index (χ0n) is 17.7. The minimum absolute atomic E-state index is 0. The lowest BCUT2D eigenvalue weighted by Crippen LogP contribution is -2.43. The van der Waals surface area contributed by atoms with Crippen LogP contribution in [0.5, 0.6) is 0 Å². The molecule has 2 aromatic rings. The molecule has 0 bridgehead atoms. The van der Waals surface area contributed by atoms with Crippen molar-refractivity contribution in [3.63, 3.8) is 0 Å². The van der Waals surface area contributed by atoms with Crippen molar-refractivity contribution >= 4 is 29.9 Å². The lowest BCUT2D eigenvalue weighted by atomic mass is 10.1. The number of nitrogens with zero attached hydrogens (tertiary/aromatic N) is 4. The molecule has 2 N–H and O–H groups in total. The molecule has 30 heavy (non-hydrogen) atoms. The lowest BCUT2D eigenvalue weighted by molar-refractivity contribution is -0.142. The third kappa shape index (κ3) is 7.15. The summed E-state index contributed by atoms with van der Waals surface area (Å²) in [7, 11) is 3.07. The van der Waals surface area contributed by atoms with Crippen molar-refractivity contribution in [1.29, 1.82) is 0 Å². The highest BCUT2D eigenvalue weighted by molar-refractivity contribution is 14.0. The Labute approximate surface area is 193 Å². The Bertz CT molecular complexity index is 788. The maximum absolute atomic E-state index is 13.1. The van der Waals surface area contributed by atoms with E-state index in [1.807, 2.05) is 18.2 Å². The van der Waals surface area contributed by atoms with Gasteiger partial charge in [-0.1, -0.05) is 44.2 Å². The van der Waals surface area contributed by atoms with Crippen LogP contribution in [0.15, 0.2) is 41.5 Å². The molecule has 1 atom stereocenters. The standard InChI is InChI=1S/C20H29F3N6.HI/c1-5-29(6-2)17(15-10-8-7-9-11-15)13-26-19(24-3)25-12-16-14-28(4)27-18(16)20(21,22)23;/h7-11,14,17H,5-6,12-13H2,1-4H3,(H2,24,25,26);1H. The smallest absolute Gasteiger partial charge is 0.354 e. The Hall–Kier alpha value is -1.82.